The van der Waals surface area contributed by atoms with Gasteiger partial charge < -0.3 is 20.9 Å². The van der Waals surface area contributed by atoms with Gasteiger partial charge in [0.2, 0.25) is 0 Å². The molecular weight excluding hydrogens is 416 g/mol. The molecule has 2 aromatic rings. The Kier molecular flexibility index (Phi) is 3.84. The number of ether oxygens (including phenoxy) is 1. The van der Waals surface area contributed by atoms with E-state index in [2.05, 4.69) is 37.2 Å². The summed E-state index contributed by atoms with van der Waals surface area (Å²) in [5, 5.41) is 12.4. The van der Waals surface area contributed by atoms with Crippen LogP contribution in [0.25, 0.3) is 6.08 Å². The van der Waals surface area contributed by atoms with E-state index in [0.29, 0.717) is 31.6 Å². The summed E-state index contributed by atoms with van der Waals surface area (Å²) in [6.07, 6.45) is 1.59. The summed E-state index contributed by atoms with van der Waals surface area (Å²) in [6, 6.07) is 8.39. The van der Waals surface area contributed by atoms with Gasteiger partial charge in [-0.1, -0.05) is 0 Å². The van der Waals surface area contributed by atoms with Crippen molar-refractivity contribution in [2.24, 2.45) is 0 Å². The van der Waals surface area contributed by atoms with E-state index in [4.69, 9.17) is 10.5 Å². The van der Waals surface area contributed by atoms with E-state index in [-0.39, 0.29) is 17.4 Å². The van der Waals surface area contributed by atoms with Gasteiger partial charge in [-0.05, 0) is 73.8 Å². The van der Waals surface area contributed by atoms with Crippen LogP contribution in [-0.4, -0.2) is 11.0 Å². The van der Waals surface area contributed by atoms with Crippen LogP contribution in [0, 0.1) is 0 Å². The number of nitrogens with one attached hydrogen (secondary N) is 1. The predicted molar refractivity (Wildman–Crippen MR) is 91.6 cm³/mol. The summed E-state index contributed by atoms with van der Waals surface area (Å²) in [7, 11) is 0. The molecule has 0 aliphatic carbocycles. The summed E-state index contributed by atoms with van der Waals surface area (Å²) in [5.74, 6) is 0.411. The molecule has 0 spiro atoms. The van der Waals surface area contributed by atoms with E-state index in [1.807, 2.05) is 0 Å². The lowest BCUT2D eigenvalue weighted by Crippen LogP contribution is -2.23. The number of hydrogen-bond acceptors (Lipinski definition) is 4. The van der Waals surface area contributed by atoms with Crippen molar-refractivity contribution in [3.63, 3.8) is 0 Å². The Morgan fingerprint density at radius 3 is 2.55 bits per heavy atom. The zero-order valence-corrected chi connectivity index (χ0v) is 14.2. The third-order valence-corrected chi connectivity index (χ3v) is 4.24. The maximum absolute atomic E-state index is 12.1. The van der Waals surface area contributed by atoms with Gasteiger partial charge in [-0.25, -0.2) is 0 Å². The molecule has 4 N–H and O–H groups in total. The van der Waals surface area contributed by atoms with Crippen LogP contribution in [0.2, 0.25) is 0 Å². The zero-order valence-electron chi connectivity index (χ0n) is 11.1. The number of hydrogen-bond donors (Lipinski definition) is 3. The molecule has 0 saturated carbocycles. The Morgan fingerprint density at radius 2 is 1.86 bits per heavy atom. The molecule has 5 nitrogen and oxygen atoms in total. The second kappa shape index (κ2) is 5.66. The predicted octanol–water partition coefficient (Wildman–Crippen LogP) is 3.87. The molecule has 0 radical (unpaired) electrons. The highest BCUT2D eigenvalue weighted by Gasteiger charge is 2.22. The number of halogens is 2. The van der Waals surface area contributed by atoms with Gasteiger partial charge in [-0.15, -0.1) is 0 Å². The van der Waals surface area contributed by atoms with Crippen LogP contribution < -0.4 is 15.8 Å². The fourth-order valence-corrected chi connectivity index (χ4v) is 3.22. The topological polar surface area (TPSA) is 84.6 Å². The Hall–Kier alpha value is -1.99. The Balaban J connectivity index is 1.99. The van der Waals surface area contributed by atoms with Crippen molar-refractivity contribution in [1.29, 1.82) is 0 Å². The van der Waals surface area contributed by atoms with Crippen LogP contribution in [0.3, 0.4) is 0 Å². The van der Waals surface area contributed by atoms with Crippen molar-refractivity contribution >= 4 is 55.2 Å². The molecule has 3 rings (SSSR count). The summed E-state index contributed by atoms with van der Waals surface area (Å²) in [4.78, 5) is 12.1. The Labute approximate surface area is 143 Å². The summed E-state index contributed by atoms with van der Waals surface area (Å²) in [5.41, 5.74) is 7.45. The second-order valence-corrected chi connectivity index (χ2v) is 6.36. The minimum absolute atomic E-state index is 0.0944. The number of phenolic OH excluding ortho intramolecular Hbond substituents is 1. The highest BCUT2D eigenvalue weighted by molar-refractivity contribution is 9.11. The molecule has 7 heteroatoms. The number of carbonyl (C=O) groups excluding carboxylic acids is 1. The average Bonchev–Trinajstić information content (AvgIpc) is 2.45. The molecule has 1 aliphatic rings. The number of phenols is 1. The van der Waals surface area contributed by atoms with Crippen molar-refractivity contribution in [2.75, 3.05) is 11.1 Å². The number of nitrogen functional groups attached to an aromatic ring is 1. The molecule has 22 heavy (non-hydrogen) atoms. The van der Waals surface area contributed by atoms with E-state index < -0.39 is 0 Å². The number of benzene rings is 2. The smallest absolute Gasteiger partial charge is 0.291 e. The van der Waals surface area contributed by atoms with Gasteiger partial charge in [0, 0.05) is 5.69 Å². The first-order chi connectivity index (χ1) is 10.4. The van der Waals surface area contributed by atoms with Gasteiger partial charge in [0.05, 0.1) is 14.6 Å². The number of fused-ring (bicyclic) bond motifs is 1. The van der Waals surface area contributed by atoms with Crippen molar-refractivity contribution in [3.8, 4) is 11.5 Å². The van der Waals surface area contributed by atoms with Crippen molar-refractivity contribution < 1.29 is 14.6 Å². The van der Waals surface area contributed by atoms with Crippen LogP contribution in [0.1, 0.15) is 5.56 Å². The summed E-state index contributed by atoms with van der Waals surface area (Å²) >= 11 is 6.49. The number of rotatable bonds is 1. The highest BCUT2D eigenvalue weighted by atomic mass is 79.9. The van der Waals surface area contributed by atoms with E-state index in [1.165, 1.54) is 0 Å². The van der Waals surface area contributed by atoms with Crippen LogP contribution >= 0.6 is 31.9 Å². The van der Waals surface area contributed by atoms with Crippen LogP contribution in [0.4, 0.5) is 11.4 Å². The van der Waals surface area contributed by atoms with E-state index in [9.17, 15) is 9.90 Å². The molecule has 0 fully saturated rings. The van der Waals surface area contributed by atoms with Crippen LogP contribution in [-0.2, 0) is 4.79 Å². The standard InChI is InChI=1S/C15H10Br2N2O3/c16-9-3-7(4-10(17)14(9)20)5-13-15(21)19-11-6-8(18)1-2-12(11)22-13/h1-6,20H,18H2,(H,19,21). The third-order valence-electron chi connectivity index (χ3n) is 3.03. The van der Waals surface area contributed by atoms with Gasteiger partial charge in [-0.2, -0.15) is 0 Å². The first-order valence-corrected chi connectivity index (χ1v) is 7.81. The average molecular weight is 426 g/mol. The zero-order chi connectivity index (χ0) is 15.9. The molecule has 1 heterocycles. The molecule has 0 bridgehead atoms. The minimum atomic E-state index is -0.363. The van der Waals surface area contributed by atoms with Gasteiger partial charge in [0.1, 0.15) is 5.75 Å². The molecule has 112 valence electrons. The van der Waals surface area contributed by atoms with E-state index in [1.54, 1.807) is 36.4 Å². The van der Waals surface area contributed by atoms with Gasteiger partial charge in [-0.3, -0.25) is 4.79 Å². The molecule has 0 aromatic heterocycles. The first kappa shape index (κ1) is 14.9. The summed E-state index contributed by atoms with van der Waals surface area (Å²) < 4.78 is 6.64. The molecule has 0 saturated heterocycles. The molecule has 0 unspecified atom stereocenters. The van der Waals surface area contributed by atoms with Crippen LogP contribution in [0.5, 0.6) is 11.5 Å². The van der Waals surface area contributed by atoms with Crippen molar-refractivity contribution in [1.82, 2.24) is 0 Å². The van der Waals surface area contributed by atoms with Gasteiger partial charge in [0.15, 0.2) is 11.5 Å². The maximum Gasteiger partial charge on any atom is 0.291 e. The lowest BCUT2D eigenvalue weighted by Gasteiger charge is -2.20. The third kappa shape index (κ3) is 2.82. The normalized spacial score (nSPS) is 15.2. The number of amides is 1. The minimum Gasteiger partial charge on any atom is -0.506 e. The number of anilines is 2. The van der Waals surface area contributed by atoms with E-state index in [0.717, 1.165) is 0 Å². The largest absolute Gasteiger partial charge is 0.506 e. The SMILES string of the molecule is Nc1ccc2c(c1)NC(=O)C(=Cc1cc(Br)c(O)c(Br)c1)O2. The van der Waals surface area contributed by atoms with Gasteiger partial charge >= 0.3 is 0 Å². The molecule has 1 aliphatic heterocycles. The van der Waals surface area contributed by atoms with E-state index >= 15 is 0 Å². The molecule has 0 atom stereocenters. The first-order valence-electron chi connectivity index (χ1n) is 6.22. The van der Waals surface area contributed by atoms with Gasteiger partial charge in [0.25, 0.3) is 5.91 Å². The quantitative estimate of drug-likeness (QED) is 0.478. The second-order valence-electron chi connectivity index (χ2n) is 4.65. The fraction of sp³-hybridized carbons (Fsp3) is 0. The van der Waals surface area contributed by atoms with Crippen LogP contribution in [0.15, 0.2) is 45.0 Å². The lowest BCUT2D eigenvalue weighted by molar-refractivity contribution is -0.115. The Bertz CT molecular complexity index is 795. The monoisotopic (exact) mass is 424 g/mol. The van der Waals surface area contributed by atoms with Crippen molar-refractivity contribution in [3.05, 3.63) is 50.6 Å². The number of carbonyl (C=O) groups is 1. The molecule has 2 aromatic carbocycles. The van der Waals surface area contributed by atoms with Crippen molar-refractivity contribution in [2.45, 2.75) is 0 Å². The fourth-order valence-electron chi connectivity index (χ4n) is 2.00. The maximum atomic E-state index is 12.1. The highest BCUT2D eigenvalue weighted by Crippen LogP contribution is 2.36. The molecular formula is C15H10Br2N2O3. The Morgan fingerprint density at radius 1 is 1.18 bits per heavy atom. The molecule has 1 amide bonds. The summed E-state index contributed by atoms with van der Waals surface area (Å²) in [6.45, 7) is 0. The lowest BCUT2D eigenvalue weighted by atomic mass is 10.1. The number of nitrogens with two attached hydrogens (primary N) is 1. The number of aromatic hydroxyl groups is 1.